The van der Waals surface area contributed by atoms with Crippen LogP contribution in [0.4, 0.5) is 0 Å². The molecule has 28 heavy (non-hydrogen) atoms. The highest BCUT2D eigenvalue weighted by molar-refractivity contribution is 14.0. The molecule has 3 N–H and O–H groups in total. The van der Waals surface area contributed by atoms with Gasteiger partial charge in [0.05, 0.1) is 5.75 Å². The van der Waals surface area contributed by atoms with Gasteiger partial charge in [0.1, 0.15) is 12.2 Å². The largest absolute Gasteiger partial charge is 0.355 e. The maximum atomic E-state index is 11.6. The van der Waals surface area contributed by atoms with Gasteiger partial charge in [0.2, 0.25) is 10.0 Å². The van der Waals surface area contributed by atoms with Crippen LogP contribution in [-0.4, -0.2) is 49.8 Å². The van der Waals surface area contributed by atoms with E-state index in [0.717, 1.165) is 29.9 Å². The van der Waals surface area contributed by atoms with Crippen molar-refractivity contribution in [2.24, 2.45) is 4.99 Å². The van der Waals surface area contributed by atoms with Crippen LogP contribution in [0.5, 0.6) is 0 Å². The van der Waals surface area contributed by atoms with Gasteiger partial charge in [-0.3, -0.25) is 4.99 Å². The molecule has 0 aliphatic rings. The summed E-state index contributed by atoms with van der Waals surface area (Å²) < 4.78 is 27.5. The third-order valence-corrected chi connectivity index (χ3v) is 5.37. The van der Waals surface area contributed by atoms with E-state index >= 15 is 0 Å². The summed E-state index contributed by atoms with van der Waals surface area (Å²) in [5, 5.41) is 14.5. The zero-order chi connectivity index (χ0) is 19.7. The highest BCUT2D eigenvalue weighted by atomic mass is 127. The Morgan fingerprint density at radius 1 is 1.18 bits per heavy atom. The van der Waals surface area contributed by atoms with Gasteiger partial charge in [-0.25, -0.2) is 13.1 Å². The fourth-order valence-corrected chi connectivity index (χ4v) is 3.26. The molecule has 0 radical (unpaired) electrons. The second-order valence-corrected chi connectivity index (χ2v) is 7.85. The summed E-state index contributed by atoms with van der Waals surface area (Å²) in [5.41, 5.74) is 1.78. The van der Waals surface area contributed by atoms with Crippen molar-refractivity contribution in [3.8, 4) is 0 Å². The number of nitrogens with zero attached hydrogens (tertiary/aromatic N) is 4. The molecule has 0 saturated carbocycles. The maximum absolute atomic E-state index is 11.6. The molecule has 11 heteroatoms. The Morgan fingerprint density at radius 3 is 2.46 bits per heavy atom. The number of rotatable bonds is 9. The SMILES string of the molecule is CCc1nncn1CCNC(=NC)NCc1ccc(CS(=O)(=O)NC)cc1.I. The van der Waals surface area contributed by atoms with Crippen LogP contribution < -0.4 is 15.4 Å². The van der Waals surface area contributed by atoms with Gasteiger partial charge in [0.25, 0.3) is 0 Å². The second kappa shape index (κ2) is 12.0. The van der Waals surface area contributed by atoms with Crippen molar-refractivity contribution >= 4 is 40.0 Å². The first-order valence-corrected chi connectivity index (χ1v) is 10.4. The highest BCUT2D eigenvalue weighted by Crippen LogP contribution is 2.07. The summed E-state index contributed by atoms with van der Waals surface area (Å²) in [6.45, 7) is 4.09. The number of benzene rings is 1. The second-order valence-electron chi connectivity index (χ2n) is 5.93. The first-order valence-electron chi connectivity index (χ1n) is 8.77. The van der Waals surface area contributed by atoms with Gasteiger partial charge in [0.15, 0.2) is 5.96 Å². The van der Waals surface area contributed by atoms with Crippen LogP contribution in [0.1, 0.15) is 23.9 Å². The average molecular weight is 521 g/mol. The molecule has 2 aromatic rings. The minimum atomic E-state index is -3.25. The molecule has 9 nitrogen and oxygen atoms in total. The Labute approximate surface area is 183 Å². The molecular weight excluding hydrogens is 493 g/mol. The van der Waals surface area contributed by atoms with Crippen molar-refractivity contribution in [2.75, 3.05) is 20.6 Å². The molecule has 1 heterocycles. The van der Waals surface area contributed by atoms with Crippen LogP contribution in [0, 0.1) is 0 Å². The van der Waals surface area contributed by atoms with Crippen LogP contribution in [-0.2, 0) is 35.3 Å². The molecule has 0 aliphatic carbocycles. The molecular formula is C17H28IN7O2S. The Hall–Kier alpha value is -1.73. The van der Waals surface area contributed by atoms with E-state index in [9.17, 15) is 8.42 Å². The Morgan fingerprint density at radius 2 is 1.86 bits per heavy atom. The highest BCUT2D eigenvalue weighted by Gasteiger charge is 2.08. The van der Waals surface area contributed by atoms with E-state index in [-0.39, 0.29) is 29.7 Å². The molecule has 0 aliphatic heterocycles. The van der Waals surface area contributed by atoms with Crippen LogP contribution in [0.15, 0.2) is 35.6 Å². The minimum absolute atomic E-state index is 0. The van der Waals surface area contributed by atoms with Crippen molar-refractivity contribution in [2.45, 2.75) is 32.2 Å². The predicted molar refractivity (Wildman–Crippen MR) is 121 cm³/mol. The Bertz CT molecular complexity index is 851. The van der Waals surface area contributed by atoms with Crippen molar-refractivity contribution in [3.05, 3.63) is 47.5 Å². The summed E-state index contributed by atoms with van der Waals surface area (Å²) in [6, 6.07) is 7.46. The summed E-state index contributed by atoms with van der Waals surface area (Å²) in [5.74, 6) is 1.63. The van der Waals surface area contributed by atoms with Gasteiger partial charge >= 0.3 is 0 Å². The van der Waals surface area contributed by atoms with E-state index in [4.69, 9.17) is 0 Å². The lowest BCUT2D eigenvalue weighted by Gasteiger charge is -2.13. The summed E-state index contributed by atoms with van der Waals surface area (Å²) >= 11 is 0. The van der Waals surface area contributed by atoms with E-state index < -0.39 is 10.0 Å². The van der Waals surface area contributed by atoms with Gasteiger partial charge in [-0.1, -0.05) is 31.2 Å². The average Bonchev–Trinajstić information content (AvgIpc) is 3.13. The van der Waals surface area contributed by atoms with Crippen LogP contribution in [0.2, 0.25) is 0 Å². The van der Waals surface area contributed by atoms with Crippen molar-refractivity contribution in [3.63, 3.8) is 0 Å². The fourth-order valence-electron chi connectivity index (χ4n) is 2.49. The Balaban J connectivity index is 0.00000392. The molecule has 0 saturated heterocycles. The van der Waals surface area contributed by atoms with E-state index in [1.165, 1.54) is 7.05 Å². The van der Waals surface area contributed by atoms with E-state index in [1.807, 2.05) is 35.8 Å². The normalized spacial score (nSPS) is 11.8. The third kappa shape index (κ3) is 7.72. The Kier molecular flexibility index (Phi) is 10.4. The lowest BCUT2D eigenvalue weighted by molar-refractivity contribution is 0.587. The van der Waals surface area contributed by atoms with Crippen molar-refractivity contribution < 1.29 is 8.42 Å². The molecule has 0 bridgehead atoms. The van der Waals surface area contributed by atoms with E-state index in [1.54, 1.807) is 13.4 Å². The molecule has 0 unspecified atom stereocenters. The quantitative estimate of drug-likeness (QED) is 0.257. The van der Waals surface area contributed by atoms with Gasteiger partial charge in [0, 0.05) is 33.1 Å². The molecule has 0 spiro atoms. The van der Waals surface area contributed by atoms with Crippen molar-refractivity contribution in [1.29, 1.82) is 0 Å². The van der Waals surface area contributed by atoms with Gasteiger partial charge in [-0.2, -0.15) is 0 Å². The summed E-state index contributed by atoms with van der Waals surface area (Å²) in [6.07, 6.45) is 2.57. The first kappa shape index (κ1) is 24.3. The van der Waals surface area contributed by atoms with Gasteiger partial charge in [-0.15, -0.1) is 34.2 Å². The monoisotopic (exact) mass is 521 g/mol. The number of aryl methyl sites for hydroxylation is 1. The molecule has 0 amide bonds. The lowest BCUT2D eigenvalue weighted by Crippen LogP contribution is -2.38. The van der Waals surface area contributed by atoms with Gasteiger partial charge in [-0.05, 0) is 18.2 Å². The maximum Gasteiger partial charge on any atom is 0.215 e. The molecule has 0 fully saturated rings. The zero-order valence-corrected chi connectivity index (χ0v) is 19.5. The smallest absolute Gasteiger partial charge is 0.215 e. The summed E-state index contributed by atoms with van der Waals surface area (Å²) in [4.78, 5) is 4.21. The predicted octanol–water partition coefficient (Wildman–Crippen LogP) is 0.873. The molecule has 2 rings (SSSR count). The number of halogens is 1. The molecule has 0 atom stereocenters. The van der Waals surface area contributed by atoms with Crippen LogP contribution in [0.25, 0.3) is 0 Å². The topological polar surface area (TPSA) is 113 Å². The number of hydrogen-bond donors (Lipinski definition) is 3. The van der Waals surface area contributed by atoms with E-state index in [2.05, 4.69) is 30.5 Å². The number of aromatic nitrogens is 3. The summed E-state index contributed by atoms with van der Waals surface area (Å²) in [7, 11) is -0.120. The zero-order valence-electron chi connectivity index (χ0n) is 16.3. The first-order chi connectivity index (χ1) is 13.0. The molecule has 1 aromatic carbocycles. The minimum Gasteiger partial charge on any atom is -0.355 e. The number of aliphatic imine (C=N–C) groups is 1. The van der Waals surface area contributed by atoms with E-state index in [0.29, 0.717) is 19.0 Å². The standard InChI is InChI=1S/C17H27N7O2S.HI/c1-4-16-23-22-13-24(16)10-9-20-17(18-2)21-11-14-5-7-15(8-6-14)12-27(25,26)19-3;/h5-8,13,19H,4,9-12H2,1-3H3,(H2,18,20,21);1H. The van der Waals surface area contributed by atoms with Crippen LogP contribution in [0.3, 0.4) is 0 Å². The van der Waals surface area contributed by atoms with Crippen molar-refractivity contribution in [1.82, 2.24) is 30.1 Å². The van der Waals surface area contributed by atoms with Crippen LogP contribution >= 0.6 is 24.0 Å². The number of nitrogens with one attached hydrogen (secondary N) is 3. The molecule has 156 valence electrons. The fraction of sp³-hybridized carbons (Fsp3) is 0.471. The number of hydrogen-bond acceptors (Lipinski definition) is 5. The number of sulfonamides is 1. The third-order valence-electron chi connectivity index (χ3n) is 4.03. The lowest BCUT2D eigenvalue weighted by atomic mass is 10.1. The van der Waals surface area contributed by atoms with Gasteiger partial charge < -0.3 is 15.2 Å². The molecule has 1 aromatic heterocycles. The number of guanidine groups is 1.